The van der Waals surface area contributed by atoms with Crippen molar-refractivity contribution in [2.45, 2.75) is 51.9 Å². The topological polar surface area (TPSA) is 52.0 Å². The molecule has 0 bridgehead atoms. The summed E-state index contributed by atoms with van der Waals surface area (Å²) in [6.07, 6.45) is 9.27. The molecule has 15 heavy (non-hydrogen) atoms. The number of rotatable bonds is 2. The summed E-state index contributed by atoms with van der Waals surface area (Å²) in [7, 11) is 0. The van der Waals surface area contributed by atoms with E-state index in [9.17, 15) is 0 Å². The zero-order valence-corrected chi connectivity index (χ0v) is 9.46. The Hall–Kier alpha value is -0.990. The third kappa shape index (κ3) is 2.52. The number of nitrogen functional groups attached to an aromatic ring is 1. The molecule has 1 fully saturated rings. The van der Waals surface area contributed by atoms with Crippen molar-refractivity contribution in [2.24, 2.45) is 5.92 Å². The second-order valence-corrected chi connectivity index (χ2v) is 4.68. The van der Waals surface area contributed by atoms with Crippen molar-refractivity contribution in [3.63, 3.8) is 0 Å². The summed E-state index contributed by atoms with van der Waals surface area (Å²) in [6, 6.07) is 0. The first kappa shape index (κ1) is 10.5. The molecule has 0 radical (unpaired) electrons. The molecule has 3 nitrogen and oxygen atoms in total. The van der Waals surface area contributed by atoms with E-state index in [0.29, 0.717) is 5.88 Å². The molecule has 1 saturated carbocycles. The van der Waals surface area contributed by atoms with Gasteiger partial charge in [0, 0.05) is 5.56 Å². The van der Waals surface area contributed by atoms with Crippen LogP contribution < -0.4 is 5.73 Å². The van der Waals surface area contributed by atoms with Gasteiger partial charge in [0.25, 0.3) is 0 Å². The van der Waals surface area contributed by atoms with Gasteiger partial charge in [-0.2, -0.15) is 0 Å². The minimum atomic E-state index is 0.485. The van der Waals surface area contributed by atoms with Gasteiger partial charge in [-0.1, -0.05) is 43.7 Å². The predicted octanol–water partition coefficient (Wildman–Crippen LogP) is 3.08. The zero-order chi connectivity index (χ0) is 10.7. The molecule has 1 aliphatic carbocycles. The van der Waals surface area contributed by atoms with E-state index in [0.717, 1.165) is 23.6 Å². The Kier molecular flexibility index (Phi) is 3.29. The highest BCUT2D eigenvalue weighted by molar-refractivity contribution is 5.37. The summed E-state index contributed by atoms with van der Waals surface area (Å²) >= 11 is 0. The summed E-state index contributed by atoms with van der Waals surface area (Å²) in [5, 5.41) is 4.04. The van der Waals surface area contributed by atoms with E-state index in [1.54, 1.807) is 0 Å². The van der Waals surface area contributed by atoms with Crippen molar-refractivity contribution in [3.8, 4) is 0 Å². The van der Waals surface area contributed by atoms with Crippen molar-refractivity contribution < 1.29 is 4.52 Å². The smallest absolute Gasteiger partial charge is 0.225 e. The van der Waals surface area contributed by atoms with Gasteiger partial charge in [0.05, 0.1) is 5.69 Å². The largest absolute Gasteiger partial charge is 0.367 e. The Balaban J connectivity index is 1.98. The van der Waals surface area contributed by atoms with Gasteiger partial charge >= 0.3 is 0 Å². The standard InChI is InChI=1S/C12H20N2O/c1-9-11(14-15-12(9)13)8-10-6-4-2-3-5-7-10/h10H,2-8,13H2,1H3. The molecule has 0 saturated heterocycles. The van der Waals surface area contributed by atoms with Gasteiger partial charge in [0.1, 0.15) is 0 Å². The third-order valence-electron chi connectivity index (χ3n) is 3.51. The van der Waals surface area contributed by atoms with Crippen LogP contribution in [0.15, 0.2) is 4.52 Å². The molecule has 84 valence electrons. The normalized spacial score (nSPS) is 19.0. The van der Waals surface area contributed by atoms with Crippen molar-refractivity contribution in [2.75, 3.05) is 5.73 Å². The maximum atomic E-state index is 5.65. The van der Waals surface area contributed by atoms with Crippen molar-refractivity contribution in [1.29, 1.82) is 0 Å². The Morgan fingerprint density at radius 2 is 1.93 bits per heavy atom. The van der Waals surface area contributed by atoms with E-state index >= 15 is 0 Å². The lowest BCUT2D eigenvalue weighted by atomic mass is 9.94. The average Bonchev–Trinajstić information content (AvgIpc) is 2.50. The van der Waals surface area contributed by atoms with E-state index in [4.69, 9.17) is 10.3 Å². The quantitative estimate of drug-likeness (QED) is 0.760. The molecule has 1 aliphatic rings. The van der Waals surface area contributed by atoms with E-state index in [-0.39, 0.29) is 0 Å². The van der Waals surface area contributed by atoms with Crippen LogP contribution in [0.3, 0.4) is 0 Å². The van der Waals surface area contributed by atoms with Crippen LogP contribution >= 0.6 is 0 Å². The SMILES string of the molecule is Cc1c(CC2CCCCCC2)noc1N. The van der Waals surface area contributed by atoms with Crippen molar-refractivity contribution in [3.05, 3.63) is 11.3 Å². The number of nitrogens with zero attached hydrogens (tertiary/aromatic N) is 1. The number of hydrogen-bond donors (Lipinski definition) is 1. The van der Waals surface area contributed by atoms with Gasteiger partial charge in [-0.25, -0.2) is 0 Å². The van der Waals surface area contributed by atoms with E-state index in [2.05, 4.69) is 5.16 Å². The molecule has 1 heterocycles. The fraction of sp³-hybridized carbons (Fsp3) is 0.750. The summed E-state index contributed by atoms with van der Waals surface area (Å²) in [5.41, 5.74) is 7.76. The van der Waals surface area contributed by atoms with Gasteiger partial charge < -0.3 is 10.3 Å². The Morgan fingerprint density at radius 1 is 1.27 bits per heavy atom. The molecule has 0 atom stereocenters. The fourth-order valence-corrected chi connectivity index (χ4v) is 2.42. The first-order valence-corrected chi connectivity index (χ1v) is 5.98. The molecule has 2 N–H and O–H groups in total. The molecular weight excluding hydrogens is 188 g/mol. The first-order valence-electron chi connectivity index (χ1n) is 5.98. The minimum absolute atomic E-state index is 0.485. The summed E-state index contributed by atoms with van der Waals surface area (Å²) in [6.45, 7) is 2.00. The average molecular weight is 208 g/mol. The van der Waals surface area contributed by atoms with Crippen LogP contribution in [0, 0.1) is 12.8 Å². The molecule has 1 aromatic heterocycles. The van der Waals surface area contributed by atoms with E-state index < -0.39 is 0 Å². The lowest BCUT2D eigenvalue weighted by molar-refractivity contribution is 0.403. The molecule has 3 heteroatoms. The second-order valence-electron chi connectivity index (χ2n) is 4.68. The number of nitrogens with two attached hydrogens (primary N) is 1. The number of anilines is 1. The summed E-state index contributed by atoms with van der Waals surface area (Å²) in [5.74, 6) is 1.27. The molecule has 0 aromatic carbocycles. The first-order chi connectivity index (χ1) is 7.27. The summed E-state index contributed by atoms with van der Waals surface area (Å²) < 4.78 is 5.00. The number of aromatic nitrogens is 1. The Bertz CT molecular complexity index is 311. The Labute approximate surface area is 91.0 Å². The third-order valence-corrected chi connectivity index (χ3v) is 3.51. The van der Waals surface area contributed by atoms with Gasteiger partial charge in [-0.15, -0.1) is 0 Å². The molecular formula is C12H20N2O. The lowest BCUT2D eigenvalue weighted by Gasteiger charge is -2.11. The van der Waals surface area contributed by atoms with Crippen molar-refractivity contribution in [1.82, 2.24) is 5.16 Å². The monoisotopic (exact) mass is 208 g/mol. The van der Waals surface area contributed by atoms with Crippen LogP contribution in [0.1, 0.15) is 49.8 Å². The van der Waals surface area contributed by atoms with Crippen LogP contribution in [0.5, 0.6) is 0 Å². The van der Waals surface area contributed by atoms with Crippen LogP contribution in [0.2, 0.25) is 0 Å². The molecule has 0 amide bonds. The van der Waals surface area contributed by atoms with Crippen LogP contribution in [-0.4, -0.2) is 5.16 Å². The van der Waals surface area contributed by atoms with Gasteiger partial charge in [-0.3, -0.25) is 0 Å². The molecule has 0 aliphatic heterocycles. The maximum absolute atomic E-state index is 5.65. The number of hydrogen-bond acceptors (Lipinski definition) is 3. The maximum Gasteiger partial charge on any atom is 0.225 e. The van der Waals surface area contributed by atoms with Gasteiger partial charge in [-0.05, 0) is 19.3 Å². The lowest BCUT2D eigenvalue weighted by Crippen LogP contribution is -2.04. The highest BCUT2D eigenvalue weighted by atomic mass is 16.5. The zero-order valence-electron chi connectivity index (χ0n) is 9.46. The highest BCUT2D eigenvalue weighted by Gasteiger charge is 2.17. The van der Waals surface area contributed by atoms with E-state index in [1.165, 1.54) is 38.5 Å². The van der Waals surface area contributed by atoms with Crippen LogP contribution in [0.25, 0.3) is 0 Å². The Morgan fingerprint density at radius 3 is 2.47 bits per heavy atom. The highest BCUT2D eigenvalue weighted by Crippen LogP contribution is 2.27. The van der Waals surface area contributed by atoms with E-state index in [1.807, 2.05) is 6.92 Å². The fourth-order valence-electron chi connectivity index (χ4n) is 2.42. The predicted molar refractivity (Wildman–Crippen MR) is 60.5 cm³/mol. The van der Waals surface area contributed by atoms with Gasteiger partial charge in [0.15, 0.2) is 0 Å². The molecule has 0 unspecified atom stereocenters. The second kappa shape index (κ2) is 4.69. The van der Waals surface area contributed by atoms with Gasteiger partial charge in [0.2, 0.25) is 5.88 Å². The summed E-state index contributed by atoms with van der Waals surface area (Å²) in [4.78, 5) is 0. The van der Waals surface area contributed by atoms with Crippen LogP contribution in [-0.2, 0) is 6.42 Å². The minimum Gasteiger partial charge on any atom is -0.367 e. The molecule has 1 aromatic rings. The molecule has 2 rings (SSSR count). The van der Waals surface area contributed by atoms with Crippen LogP contribution in [0.4, 0.5) is 5.88 Å². The molecule has 0 spiro atoms. The van der Waals surface area contributed by atoms with Crippen molar-refractivity contribution >= 4 is 5.88 Å².